The summed E-state index contributed by atoms with van der Waals surface area (Å²) in [6.07, 6.45) is 2.25. The Labute approximate surface area is 117 Å². The quantitative estimate of drug-likeness (QED) is 0.613. The normalized spacial score (nSPS) is 21.6. The average molecular weight is 281 g/mol. The predicted octanol–water partition coefficient (Wildman–Crippen LogP) is 2.63. The minimum Gasteiger partial charge on any atom is -0.493 e. The molecule has 0 N–H and O–H groups in total. The van der Waals surface area contributed by atoms with E-state index in [0.717, 1.165) is 18.4 Å². The summed E-state index contributed by atoms with van der Waals surface area (Å²) in [5.41, 5.74) is 0.823. The highest BCUT2D eigenvalue weighted by Gasteiger charge is 2.39. The van der Waals surface area contributed by atoms with Gasteiger partial charge in [-0.3, -0.25) is 10.1 Å². The number of nitrogens with zero attached hydrogens (tertiary/aromatic N) is 1. The monoisotopic (exact) mass is 281 g/mol. The molecular formula is C14H19NO5. The van der Waals surface area contributed by atoms with Crippen LogP contribution in [0, 0.1) is 10.1 Å². The van der Waals surface area contributed by atoms with Crippen LogP contribution in [0.5, 0.6) is 17.2 Å². The van der Waals surface area contributed by atoms with Crippen LogP contribution in [0.25, 0.3) is 0 Å². The zero-order chi connectivity index (χ0) is 14.7. The first kappa shape index (κ1) is 14.4. The van der Waals surface area contributed by atoms with Gasteiger partial charge >= 0.3 is 0 Å². The highest BCUT2D eigenvalue weighted by molar-refractivity contribution is 5.57. The van der Waals surface area contributed by atoms with Crippen LogP contribution >= 0.6 is 0 Å². The van der Waals surface area contributed by atoms with Crippen molar-refractivity contribution in [1.82, 2.24) is 0 Å². The van der Waals surface area contributed by atoms with Crippen LogP contribution in [0.15, 0.2) is 12.1 Å². The first-order chi connectivity index (χ1) is 9.63. The third-order valence-corrected chi connectivity index (χ3v) is 3.88. The van der Waals surface area contributed by atoms with Crippen molar-refractivity contribution in [2.75, 3.05) is 21.3 Å². The van der Waals surface area contributed by atoms with Gasteiger partial charge in [-0.1, -0.05) is 6.07 Å². The Kier molecular flexibility index (Phi) is 4.32. The van der Waals surface area contributed by atoms with Crippen molar-refractivity contribution in [1.29, 1.82) is 0 Å². The molecule has 0 amide bonds. The molecule has 0 bridgehead atoms. The van der Waals surface area contributed by atoms with E-state index in [4.69, 9.17) is 14.2 Å². The van der Waals surface area contributed by atoms with E-state index in [1.807, 2.05) is 6.07 Å². The van der Waals surface area contributed by atoms with Crippen LogP contribution in [0.2, 0.25) is 0 Å². The molecule has 1 aromatic carbocycles. The summed E-state index contributed by atoms with van der Waals surface area (Å²) in [5, 5.41) is 11.2. The fraction of sp³-hybridized carbons (Fsp3) is 0.571. The lowest BCUT2D eigenvalue weighted by molar-refractivity contribution is -0.523. The van der Waals surface area contributed by atoms with Crippen LogP contribution < -0.4 is 14.2 Å². The van der Waals surface area contributed by atoms with Gasteiger partial charge in [-0.25, -0.2) is 0 Å². The first-order valence-electron chi connectivity index (χ1n) is 6.56. The molecule has 6 heteroatoms. The molecule has 110 valence electrons. The van der Waals surface area contributed by atoms with Gasteiger partial charge < -0.3 is 14.2 Å². The maximum Gasteiger partial charge on any atom is 0.220 e. The van der Waals surface area contributed by atoms with Crippen LogP contribution in [-0.4, -0.2) is 32.3 Å². The Balaban J connectivity index is 2.48. The standard InChI is InChI=1S/C14H19NO5/c1-18-12-8-7-10(13(19-2)14(12)20-3)9-5-4-6-11(9)15(16)17/h7-9,11H,4-6H2,1-3H3/t9-,11+/m1/s1. The molecule has 1 aliphatic rings. The molecule has 0 spiro atoms. The highest BCUT2D eigenvalue weighted by atomic mass is 16.6. The summed E-state index contributed by atoms with van der Waals surface area (Å²) in [6.45, 7) is 0. The van der Waals surface area contributed by atoms with Gasteiger partial charge in [-0.15, -0.1) is 0 Å². The molecule has 1 saturated carbocycles. The van der Waals surface area contributed by atoms with Crippen LogP contribution in [0.1, 0.15) is 30.7 Å². The number of hydrogen-bond donors (Lipinski definition) is 0. The predicted molar refractivity (Wildman–Crippen MR) is 73.5 cm³/mol. The minimum atomic E-state index is -0.554. The second-order valence-electron chi connectivity index (χ2n) is 4.81. The molecule has 1 aromatic rings. The van der Waals surface area contributed by atoms with Crippen LogP contribution in [-0.2, 0) is 0 Å². The summed E-state index contributed by atoms with van der Waals surface area (Å²) in [7, 11) is 4.62. The number of rotatable bonds is 5. The Hall–Kier alpha value is -1.98. The molecule has 1 fully saturated rings. The largest absolute Gasteiger partial charge is 0.493 e. The van der Waals surface area contributed by atoms with Gasteiger partial charge in [0.05, 0.1) is 27.2 Å². The van der Waals surface area contributed by atoms with Gasteiger partial charge in [0.15, 0.2) is 11.5 Å². The van der Waals surface area contributed by atoms with E-state index in [-0.39, 0.29) is 10.8 Å². The first-order valence-corrected chi connectivity index (χ1v) is 6.56. The lowest BCUT2D eigenvalue weighted by Crippen LogP contribution is -2.22. The zero-order valence-electron chi connectivity index (χ0n) is 11.9. The van der Waals surface area contributed by atoms with E-state index >= 15 is 0 Å². The fourth-order valence-electron chi connectivity index (χ4n) is 2.97. The second-order valence-corrected chi connectivity index (χ2v) is 4.81. The second kappa shape index (κ2) is 5.98. The maximum atomic E-state index is 11.2. The molecule has 1 aliphatic carbocycles. The van der Waals surface area contributed by atoms with Crippen LogP contribution in [0.3, 0.4) is 0 Å². The molecule has 6 nitrogen and oxygen atoms in total. The van der Waals surface area contributed by atoms with Crippen molar-refractivity contribution < 1.29 is 19.1 Å². The van der Waals surface area contributed by atoms with Crippen molar-refractivity contribution in [2.24, 2.45) is 0 Å². The van der Waals surface area contributed by atoms with Crippen molar-refractivity contribution in [3.8, 4) is 17.2 Å². The summed E-state index contributed by atoms with van der Waals surface area (Å²) < 4.78 is 16.0. The van der Waals surface area contributed by atoms with Crippen LogP contribution in [0.4, 0.5) is 0 Å². The van der Waals surface area contributed by atoms with Gasteiger partial charge in [-0.05, 0) is 18.9 Å². The summed E-state index contributed by atoms with van der Waals surface area (Å²) in [6, 6.07) is 3.06. The number of methoxy groups -OCH3 is 3. The van der Waals surface area contributed by atoms with Crippen molar-refractivity contribution in [2.45, 2.75) is 31.2 Å². The summed E-state index contributed by atoms with van der Waals surface area (Å²) >= 11 is 0. The Morgan fingerprint density at radius 2 is 1.80 bits per heavy atom. The van der Waals surface area contributed by atoms with Crippen molar-refractivity contribution in [3.63, 3.8) is 0 Å². The molecule has 0 aliphatic heterocycles. The third-order valence-electron chi connectivity index (χ3n) is 3.88. The highest BCUT2D eigenvalue weighted by Crippen LogP contribution is 2.47. The van der Waals surface area contributed by atoms with E-state index in [0.29, 0.717) is 23.7 Å². The van der Waals surface area contributed by atoms with Gasteiger partial charge in [0.25, 0.3) is 0 Å². The Morgan fingerprint density at radius 1 is 1.10 bits per heavy atom. The molecule has 0 unspecified atom stereocenters. The Morgan fingerprint density at radius 3 is 2.35 bits per heavy atom. The number of hydrogen-bond acceptors (Lipinski definition) is 5. The van der Waals surface area contributed by atoms with E-state index < -0.39 is 6.04 Å². The zero-order valence-corrected chi connectivity index (χ0v) is 11.9. The SMILES string of the molecule is COc1ccc([C@H]2CCC[C@@H]2[N+](=O)[O-])c(OC)c1OC. The molecule has 0 radical (unpaired) electrons. The van der Waals surface area contributed by atoms with Crippen molar-refractivity contribution in [3.05, 3.63) is 27.8 Å². The smallest absolute Gasteiger partial charge is 0.220 e. The maximum absolute atomic E-state index is 11.2. The summed E-state index contributed by atoms with van der Waals surface area (Å²) in [4.78, 5) is 11.0. The van der Waals surface area contributed by atoms with Gasteiger partial charge in [-0.2, -0.15) is 0 Å². The molecule has 0 aromatic heterocycles. The Bertz CT molecular complexity index is 503. The lowest BCUT2D eigenvalue weighted by Gasteiger charge is -2.20. The molecule has 20 heavy (non-hydrogen) atoms. The van der Waals surface area contributed by atoms with Gasteiger partial charge in [0.2, 0.25) is 11.8 Å². The molecule has 2 rings (SSSR count). The third kappa shape index (κ3) is 2.37. The van der Waals surface area contributed by atoms with E-state index in [1.165, 1.54) is 14.2 Å². The van der Waals surface area contributed by atoms with Gasteiger partial charge in [0.1, 0.15) is 0 Å². The minimum absolute atomic E-state index is 0.139. The van der Waals surface area contributed by atoms with E-state index in [2.05, 4.69) is 0 Å². The molecule has 2 atom stereocenters. The summed E-state index contributed by atoms with van der Waals surface area (Å²) in [5.74, 6) is 1.44. The lowest BCUT2D eigenvalue weighted by atomic mass is 9.93. The number of ether oxygens (including phenoxy) is 3. The van der Waals surface area contributed by atoms with E-state index in [9.17, 15) is 10.1 Å². The average Bonchev–Trinajstić information content (AvgIpc) is 2.94. The number of benzene rings is 1. The van der Waals surface area contributed by atoms with Crippen molar-refractivity contribution >= 4 is 0 Å². The van der Waals surface area contributed by atoms with E-state index in [1.54, 1.807) is 13.2 Å². The fourth-order valence-corrected chi connectivity index (χ4v) is 2.97. The van der Waals surface area contributed by atoms with Gasteiger partial charge in [0, 0.05) is 16.9 Å². The molecular weight excluding hydrogens is 262 g/mol. The molecule has 0 saturated heterocycles. The molecule has 0 heterocycles. The number of nitro groups is 1. The topological polar surface area (TPSA) is 70.8 Å².